The Balaban J connectivity index is 1.83. The maximum absolute atomic E-state index is 13.2. The molecule has 150 valence electrons. The van der Waals surface area contributed by atoms with Crippen LogP contribution in [0.4, 0.5) is 11.5 Å². The Bertz CT molecular complexity index is 971. The lowest BCUT2D eigenvalue weighted by Gasteiger charge is -2.30. The van der Waals surface area contributed by atoms with Gasteiger partial charge in [0.15, 0.2) is 9.84 Å². The molecule has 2 aliphatic heterocycles. The van der Waals surface area contributed by atoms with Gasteiger partial charge in [0, 0.05) is 37.1 Å². The highest BCUT2D eigenvalue weighted by molar-refractivity contribution is 7.92. The van der Waals surface area contributed by atoms with Crippen LogP contribution in [0.5, 0.6) is 0 Å². The molecule has 3 heterocycles. The van der Waals surface area contributed by atoms with E-state index in [9.17, 15) is 8.42 Å². The summed E-state index contributed by atoms with van der Waals surface area (Å²) in [7, 11) is -3.52. The van der Waals surface area contributed by atoms with Crippen LogP contribution in [0.25, 0.3) is 11.1 Å². The number of benzene rings is 1. The average Bonchev–Trinajstić information content (AvgIpc) is 3.24. The van der Waals surface area contributed by atoms with Crippen LogP contribution in [0.3, 0.4) is 0 Å². The molecule has 7 nitrogen and oxygen atoms in total. The summed E-state index contributed by atoms with van der Waals surface area (Å²) >= 11 is 6.37. The number of nitrogens with zero attached hydrogens (tertiary/aromatic N) is 2. The molecule has 1 aromatic carbocycles. The standard InChI is InChI=1S/C19H22ClN3O4S/c20-18-10-19(21)22-11-17(18)13-7-14(23-2-5-26-6-3-23)9-16(8-13)28(24,25)15-1-4-27-12-15/h7-11,15H,1-6,12H2,(H2,21,22). The second kappa shape index (κ2) is 7.87. The number of morpholine rings is 1. The van der Waals surface area contributed by atoms with Crippen LogP contribution in [0, 0.1) is 0 Å². The quantitative estimate of drug-likeness (QED) is 0.806. The van der Waals surface area contributed by atoms with E-state index in [2.05, 4.69) is 9.88 Å². The summed E-state index contributed by atoms with van der Waals surface area (Å²) in [6.45, 7) is 3.30. The molecule has 1 unspecified atom stereocenters. The number of ether oxygens (including phenoxy) is 2. The Kier molecular flexibility index (Phi) is 5.46. The summed E-state index contributed by atoms with van der Waals surface area (Å²) in [6.07, 6.45) is 2.08. The van der Waals surface area contributed by atoms with E-state index in [1.54, 1.807) is 24.4 Å². The molecule has 1 atom stereocenters. The molecule has 2 aromatic rings. The molecule has 0 saturated carbocycles. The minimum atomic E-state index is -3.52. The summed E-state index contributed by atoms with van der Waals surface area (Å²) in [5.74, 6) is 0.314. The number of nitrogen functional groups attached to an aromatic ring is 1. The zero-order valence-electron chi connectivity index (χ0n) is 15.3. The number of rotatable bonds is 4. The van der Waals surface area contributed by atoms with Crippen molar-refractivity contribution in [2.75, 3.05) is 50.2 Å². The number of hydrogen-bond acceptors (Lipinski definition) is 7. The smallest absolute Gasteiger partial charge is 0.183 e. The minimum absolute atomic E-state index is 0.226. The predicted molar refractivity (Wildman–Crippen MR) is 109 cm³/mol. The van der Waals surface area contributed by atoms with E-state index < -0.39 is 15.1 Å². The Hall–Kier alpha value is -1.87. The maximum Gasteiger partial charge on any atom is 0.183 e. The molecule has 2 saturated heterocycles. The second-order valence-corrected chi connectivity index (χ2v) is 9.57. The fraction of sp³-hybridized carbons (Fsp3) is 0.421. The Morgan fingerprint density at radius 2 is 1.89 bits per heavy atom. The van der Waals surface area contributed by atoms with Crippen molar-refractivity contribution in [2.45, 2.75) is 16.6 Å². The number of pyridine rings is 1. The highest BCUT2D eigenvalue weighted by Crippen LogP contribution is 2.35. The van der Waals surface area contributed by atoms with Crippen LogP contribution < -0.4 is 10.6 Å². The first-order valence-corrected chi connectivity index (χ1v) is 11.1. The molecule has 4 rings (SSSR count). The average molecular weight is 424 g/mol. The van der Waals surface area contributed by atoms with Crippen LogP contribution in [0.1, 0.15) is 6.42 Å². The molecule has 2 fully saturated rings. The number of sulfone groups is 1. The summed E-state index contributed by atoms with van der Waals surface area (Å²) in [4.78, 5) is 6.51. The lowest BCUT2D eigenvalue weighted by atomic mass is 10.1. The van der Waals surface area contributed by atoms with Gasteiger partial charge in [0.2, 0.25) is 0 Å². The highest BCUT2D eigenvalue weighted by atomic mass is 35.5. The lowest BCUT2D eigenvalue weighted by Crippen LogP contribution is -2.36. The van der Waals surface area contributed by atoms with Crippen molar-refractivity contribution in [2.24, 2.45) is 0 Å². The third-order valence-electron chi connectivity index (χ3n) is 5.11. The van der Waals surface area contributed by atoms with Gasteiger partial charge in [0.25, 0.3) is 0 Å². The van der Waals surface area contributed by atoms with Gasteiger partial charge in [-0.2, -0.15) is 0 Å². The highest BCUT2D eigenvalue weighted by Gasteiger charge is 2.32. The molecule has 28 heavy (non-hydrogen) atoms. The molecule has 0 bridgehead atoms. The SMILES string of the molecule is Nc1cc(Cl)c(-c2cc(N3CCOCC3)cc(S(=O)(=O)C3CCOC3)c2)cn1. The molecule has 9 heteroatoms. The van der Waals surface area contributed by atoms with E-state index in [0.717, 1.165) is 5.69 Å². The van der Waals surface area contributed by atoms with Crippen molar-refractivity contribution in [1.82, 2.24) is 4.98 Å². The van der Waals surface area contributed by atoms with Crippen molar-refractivity contribution >= 4 is 32.9 Å². The van der Waals surface area contributed by atoms with Crippen LogP contribution >= 0.6 is 11.6 Å². The van der Waals surface area contributed by atoms with E-state index in [1.807, 2.05) is 6.07 Å². The number of hydrogen-bond donors (Lipinski definition) is 1. The number of aromatic nitrogens is 1. The van der Waals surface area contributed by atoms with Gasteiger partial charge < -0.3 is 20.1 Å². The van der Waals surface area contributed by atoms with Crippen molar-refractivity contribution in [1.29, 1.82) is 0 Å². The van der Waals surface area contributed by atoms with Crippen molar-refractivity contribution in [3.63, 3.8) is 0 Å². The zero-order valence-corrected chi connectivity index (χ0v) is 16.9. The molecule has 0 amide bonds. The van der Waals surface area contributed by atoms with Crippen LogP contribution in [0.15, 0.2) is 35.4 Å². The fourth-order valence-corrected chi connectivity index (χ4v) is 5.43. The van der Waals surface area contributed by atoms with Gasteiger partial charge in [-0.15, -0.1) is 0 Å². The predicted octanol–water partition coefficient (Wildman–Crippen LogP) is 2.38. The van der Waals surface area contributed by atoms with Gasteiger partial charge >= 0.3 is 0 Å². The summed E-state index contributed by atoms with van der Waals surface area (Å²) in [5, 5.41) is -0.0977. The Morgan fingerprint density at radius 1 is 1.11 bits per heavy atom. The molecule has 2 aliphatic rings. The zero-order chi connectivity index (χ0) is 19.7. The first-order chi connectivity index (χ1) is 13.4. The van der Waals surface area contributed by atoms with Gasteiger partial charge in [-0.05, 0) is 36.2 Å². The van der Waals surface area contributed by atoms with Crippen LogP contribution in [0.2, 0.25) is 5.02 Å². The molecular formula is C19H22ClN3O4S. The van der Waals surface area contributed by atoms with E-state index in [4.69, 9.17) is 26.8 Å². The van der Waals surface area contributed by atoms with E-state index in [0.29, 0.717) is 61.3 Å². The van der Waals surface area contributed by atoms with Crippen LogP contribution in [-0.2, 0) is 19.3 Å². The first kappa shape index (κ1) is 19.4. The summed E-state index contributed by atoms with van der Waals surface area (Å²) < 4.78 is 37.1. The molecule has 0 aliphatic carbocycles. The van der Waals surface area contributed by atoms with Gasteiger partial charge in [-0.1, -0.05) is 11.6 Å². The van der Waals surface area contributed by atoms with Gasteiger partial charge in [0.05, 0.1) is 35.0 Å². The number of anilines is 2. The van der Waals surface area contributed by atoms with Gasteiger partial charge in [-0.25, -0.2) is 13.4 Å². The molecule has 2 N–H and O–H groups in total. The van der Waals surface area contributed by atoms with Crippen molar-refractivity contribution < 1.29 is 17.9 Å². The Labute approximate surface area is 169 Å². The largest absolute Gasteiger partial charge is 0.384 e. The van der Waals surface area contributed by atoms with Gasteiger partial charge in [-0.3, -0.25) is 0 Å². The van der Waals surface area contributed by atoms with E-state index >= 15 is 0 Å². The monoisotopic (exact) mass is 423 g/mol. The third-order valence-corrected chi connectivity index (χ3v) is 7.56. The third kappa shape index (κ3) is 3.82. The summed E-state index contributed by atoms with van der Waals surface area (Å²) in [5.41, 5.74) is 7.87. The van der Waals surface area contributed by atoms with E-state index in [1.165, 1.54) is 0 Å². The van der Waals surface area contributed by atoms with Crippen molar-refractivity contribution in [3.05, 3.63) is 35.5 Å². The molecule has 1 aromatic heterocycles. The first-order valence-electron chi connectivity index (χ1n) is 9.16. The summed E-state index contributed by atoms with van der Waals surface area (Å²) in [6, 6.07) is 6.91. The van der Waals surface area contributed by atoms with E-state index in [-0.39, 0.29) is 11.5 Å². The molecule has 0 spiro atoms. The van der Waals surface area contributed by atoms with Crippen molar-refractivity contribution in [3.8, 4) is 11.1 Å². The topological polar surface area (TPSA) is 94.8 Å². The maximum atomic E-state index is 13.2. The molecule has 0 radical (unpaired) electrons. The lowest BCUT2D eigenvalue weighted by molar-refractivity contribution is 0.122. The normalized spacial score (nSPS) is 20.5. The Morgan fingerprint density at radius 3 is 2.57 bits per heavy atom. The van der Waals surface area contributed by atoms with Crippen LogP contribution in [-0.4, -0.2) is 58.2 Å². The second-order valence-electron chi connectivity index (χ2n) is 6.93. The minimum Gasteiger partial charge on any atom is -0.384 e. The number of halogens is 1. The fourth-order valence-electron chi connectivity index (χ4n) is 3.52. The van der Waals surface area contributed by atoms with Gasteiger partial charge in [0.1, 0.15) is 5.82 Å². The molecular weight excluding hydrogens is 402 g/mol. The number of nitrogens with two attached hydrogens (primary N) is 1.